The van der Waals surface area contributed by atoms with Gasteiger partial charge in [-0.05, 0) is 60.2 Å². The number of anilines is 1. The molecular formula is C24H25N3O. The van der Waals surface area contributed by atoms with E-state index in [1.165, 1.54) is 11.1 Å². The van der Waals surface area contributed by atoms with Crippen LogP contribution in [0, 0.1) is 0 Å². The number of hydrogen-bond acceptors (Lipinski definition) is 3. The van der Waals surface area contributed by atoms with Crippen LogP contribution in [0.2, 0.25) is 0 Å². The molecule has 3 aromatic rings. The lowest BCUT2D eigenvalue weighted by atomic mass is 9.86. The van der Waals surface area contributed by atoms with Crippen molar-refractivity contribution in [3.8, 4) is 11.1 Å². The lowest BCUT2D eigenvalue weighted by Crippen LogP contribution is -2.33. The topological polar surface area (TPSA) is 45.2 Å². The van der Waals surface area contributed by atoms with Crippen LogP contribution in [-0.4, -0.2) is 29.9 Å². The molecule has 1 aliphatic carbocycles. The molecule has 0 radical (unpaired) electrons. The van der Waals surface area contributed by atoms with Gasteiger partial charge in [-0.3, -0.25) is 4.79 Å². The Kier molecular flexibility index (Phi) is 5.11. The van der Waals surface area contributed by atoms with Gasteiger partial charge in [0, 0.05) is 31.4 Å². The number of pyridine rings is 1. The molecule has 1 N–H and O–H groups in total. The molecule has 4 rings (SSSR count). The van der Waals surface area contributed by atoms with Crippen molar-refractivity contribution in [2.45, 2.75) is 25.3 Å². The zero-order chi connectivity index (χ0) is 19.5. The molecular weight excluding hydrogens is 346 g/mol. The smallest absolute Gasteiger partial charge is 0.254 e. The highest BCUT2D eigenvalue weighted by Gasteiger charge is 2.27. The van der Waals surface area contributed by atoms with Gasteiger partial charge >= 0.3 is 0 Å². The molecule has 0 saturated heterocycles. The van der Waals surface area contributed by atoms with E-state index in [9.17, 15) is 4.79 Å². The molecule has 0 fully saturated rings. The Hall–Kier alpha value is -3.14. The van der Waals surface area contributed by atoms with Crippen molar-refractivity contribution in [2.75, 3.05) is 19.4 Å². The van der Waals surface area contributed by atoms with E-state index >= 15 is 0 Å². The van der Waals surface area contributed by atoms with E-state index in [2.05, 4.69) is 34.6 Å². The first-order chi connectivity index (χ1) is 13.7. The average molecular weight is 371 g/mol. The predicted molar refractivity (Wildman–Crippen MR) is 113 cm³/mol. The zero-order valence-electron chi connectivity index (χ0n) is 16.4. The quantitative estimate of drug-likeness (QED) is 0.706. The van der Waals surface area contributed by atoms with Crippen molar-refractivity contribution in [1.82, 2.24) is 9.88 Å². The number of carbonyl (C=O) groups excluding carboxylic acids is 1. The van der Waals surface area contributed by atoms with Gasteiger partial charge in [0.05, 0.1) is 6.04 Å². The molecule has 28 heavy (non-hydrogen) atoms. The molecule has 1 aromatic heterocycles. The zero-order valence-corrected chi connectivity index (χ0v) is 16.4. The summed E-state index contributed by atoms with van der Waals surface area (Å²) in [6.07, 6.45) is 5.05. The van der Waals surface area contributed by atoms with Crippen LogP contribution >= 0.6 is 0 Å². The number of carbonyl (C=O) groups is 1. The minimum atomic E-state index is 0.0587. The molecule has 0 saturated carbocycles. The van der Waals surface area contributed by atoms with Crippen LogP contribution in [0.15, 0.2) is 66.9 Å². The van der Waals surface area contributed by atoms with E-state index in [0.29, 0.717) is 5.56 Å². The number of rotatable bonds is 4. The summed E-state index contributed by atoms with van der Waals surface area (Å²) in [4.78, 5) is 19.5. The van der Waals surface area contributed by atoms with Crippen molar-refractivity contribution < 1.29 is 4.79 Å². The first kappa shape index (κ1) is 18.2. The molecule has 2 aromatic carbocycles. The Morgan fingerprint density at radius 1 is 1.07 bits per heavy atom. The number of fused-ring (bicyclic) bond motifs is 1. The highest BCUT2D eigenvalue weighted by molar-refractivity contribution is 5.95. The maximum absolute atomic E-state index is 13.2. The number of nitrogens with zero attached hydrogens (tertiary/aromatic N) is 2. The molecule has 1 amide bonds. The van der Waals surface area contributed by atoms with Gasteiger partial charge in [-0.2, -0.15) is 0 Å². The Labute approximate surface area is 166 Å². The summed E-state index contributed by atoms with van der Waals surface area (Å²) in [5, 5.41) is 3.02. The summed E-state index contributed by atoms with van der Waals surface area (Å²) in [6, 6.07) is 20.4. The maximum atomic E-state index is 13.2. The Morgan fingerprint density at radius 2 is 1.93 bits per heavy atom. The summed E-state index contributed by atoms with van der Waals surface area (Å²) in [5.74, 6) is 0.884. The first-order valence-electron chi connectivity index (χ1n) is 9.76. The molecule has 1 heterocycles. The van der Waals surface area contributed by atoms with Crippen molar-refractivity contribution in [2.24, 2.45) is 0 Å². The van der Waals surface area contributed by atoms with Gasteiger partial charge in [0.1, 0.15) is 5.82 Å². The largest absolute Gasteiger partial charge is 0.373 e. The van der Waals surface area contributed by atoms with Gasteiger partial charge in [0.2, 0.25) is 0 Å². The SMILES string of the molecule is CNc1ccc(-c2cccc(C(=O)N(C)[C@H]3CCCc4ccccc43)c2)cn1. The van der Waals surface area contributed by atoms with Crippen LogP contribution in [0.3, 0.4) is 0 Å². The molecule has 0 aliphatic heterocycles. The van der Waals surface area contributed by atoms with Crippen LogP contribution in [0.4, 0.5) is 5.82 Å². The number of aromatic nitrogens is 1. The van der Waals surface area contributed by atoms with Crippen LogP contribution in [-0.2, 0) is 6.42 Å². The highest BCUT2D eigenvalue weighted by Crippen LogP contribution is 2.34. The van der Waals surface area contributed by atoms with Crippen LogP contribution in [0.1, 0.15) is 40.4 Å². The van der Waals surface area contributed by atoms with E-state index in [0.717, 1.165) is 36.2 Å². The van der Waals surface area contributed by atoms with E-state index < -0.39 is 0 Å². The average Bonchev–Trinajstić information content (AvgIpc) is 2.78. The Morgan fingerprint density at radius 3 is 2.71 bits per heavy atom. The van der Waals surface area contributed by atoms with Gasteiger partial charge in [0.15, 0.2) is 0 Å². The van der Waals surface area contributed by atoms with Gasteiger partial charge in [-0.1, -0.05) is 36.4 Å². The van der Waals surface area contributed by atoms with Crippen molar-refractivity contribution in [3.63, 3.8) is 0 Å². The van der Waals surface area contributed by atoms with Gasteiger partial charge in [-0.25, -0.2) is 4.98 Å². The van der Waals surface area contributed by atoms with Crippen LogP contribution < -0.4 is 5.32 Å². The highest BCUT2D eigenvalue weighted by atomic mass is 16.2. The number of aryl methyl sites for hydroxylation is 1. The summed E-state index contributed by atoms with van der Waals surface area (Å²) < 4.78 is 0. The molecule has 0 spiro atoms. The third-order valence-electron chi connectivity index (χ3n) is 5.59. The van der Waals surface area contributed by atoms with Crippen LogP contribution in [0.25, 0.3) is 11.1 Å². The molecule has 0 unspecified atom stereocenters. The number of nitrogens with one attached hydrogen (secondary N) is 1. The minimum absolute atomic E-state index is 0.0587. The van der Waals surface area contributed by atoms with Gasteiger partial charge < -0.3 is 10.2 Å². The normalized spacial score (nSPS) is 15.6. The predicted octanol–water partition coefficient (Wildman–Crippen LogP) is 4.94. The van der Waals surface area contributed by atoms with Gasteiger partial charge in [-0.15, -0.1) is 0 Å². The fraction of sp³-hybridized carbons (Fsp3) is 0.250. The lowest BCUT2D eigenvalue weighted by molar-refractivity contribution is 0.0715. The van der Waals surface area contributed by atoms with Crippen LogP contribution in [0.5, 0.6) is 0 Å². The van der Waals surface area contributed by atoms with Crippen molar-refractivity contribution in [3.05, 3.63) is 83.6 Å². The number of hydrogen-bond donors (Lipinski definition) is 1. The van der Waals surface area contributed by atoms with Gasteiger partial charge in [0.25, 0.3) is 5.91 Å². The maximum Gasteiger partial charge on any atom is 0.254 e. The molecule has 142 valence electrons. The van der Waals surface area contributed by atoms with Crippen molar-refractivity contribution >= 4 is 11.7 Å². The molecule has 1 aliphatic rings. The summed E-state index contributed by atoms with van der Waals surface area (Å²) in [6.45, 7) is 0. The second kappa shape index (κ2) is 7.85. The second-order valence-electron chi connectivity index (χ2n) is 7.29. The minimum Gasteiger partial charge on any atom is -0.373 e. The fourth-order valence-corrected chi connectivity index (χ4v) is 4.02. The Balaban J connectivity index is 1.60. The fourth-order valence-electron chi connectivity index (χ4n) is 4.02. The third-order valence-corrected chi connectivity index (χ3v) is 5.59. The van der Waals surface area contributed by atoms with E-state index in [-0.39, 0.29) is 11.9 Å². The first-order valence-corrected chi connectivity index (χ1v) is 9.76. The summed E-state index contributed by atoms with van der Waals surface area (Å²) >= 11 is 0. The molecule has 0 bridgehead atoms. The Bertz CT molecular complexity index is 981. The molecule has 1 atom stereocenters. The number of amides is 1. The molecule has 4 heteroatoms. The van der Waals surface area contributed by atoms with E-state index in [1.54, 1.807) is 0 Å². The van der Waals surface area contributed by atoms with E-state index in [4.69, 9.17) is 0 Å². The second-order valence-corrected chi connectivity index (χ2v) is 7.29. The third kappa shape index (κ3) is 3.50. The molecule has 4 nitrogen and oxygen atoms in total. The standard InChI is InChI=1S/C24H25N3O/c1-25-23-14-13-20(16-26-23)18-9-5-10-19(15-18)24(28)27(2)22-12-6-8-17-7-3-4-11-21(17)22/h3-5,7,9-11,13-16,22H,6,8,12H2,1-2H3,(H,25,26)/t22-/m0/s1. The van der Waals surface area contributed by atoms with E-state index in [1.807, 2.05) is 61.6 Å². The monoisotopic (exact) mass is 371 g/mol. The summed E-state index contributed by atoms with van der Waals surface area (Å²) in [5.41, 5.74) is 5.36. The lowest BCUT2D eigenvalue weighted by Gasteiger charge is -2.33. The van der Waals surface area contributed by atoms with Crippen molar-refractivity contribution in [1.29, 1.82) is 0 Å². The summed E-state index contributed by atoms with van der Waals surface area (Å²) in [7, 11) is 3.77. The number of benzene rings is 2.